The minimum Gasteiger partial charge on any atom is -0.463 e. The molecule has 2 aromatic carbocycles. The molecule has 1 fully saturated rings. The molecule has 1 aliphatic heterocycles. The third-order valence-corrected chi connectivity index (χ3v) is 13.2. The summed E-state index contributed by atoms with van der Waals surface area (Å²) < 4.78 is 45.0. The number of unbranched alkanes of at least 4 members (excludes halogenated alkanes) is 14. The molecule has 17 heteroatoms. The maximum Gasteiger partial charge on any atom is 0.407 e. The number of anilines is 1. The molecule has 1 unspecified atom stereocenters. The molecule has 1 saturated heterocycles. The van der Waals surface area contributed by atoms with Gasteiger partial charge in [-0.2, -0.15) is 4.98 Å². The second kappa shape index (κ2) is 27.5. The molecular formula is C53H73FN6O10. The fourth-order valence-corrected chi connectivity index (χ4v) is 9.28. The summed E-state index contributed by atoms with van der Waals surface area (Å²) in [4.78, 5) is 75.7. The molecule has 70 heavy (non-hydrogen) atoms. The Balaban J connectivity index is 0.961. The lowest BCUT2D eigenvalue weighted by molar-refractivity contribution is -0.162. The third kappa shape index (κ3) is 15.6. The second-order valence-corrected chi connectivity index (χ2v) is 19.0. The van der Waals surface area contributed by atoms with Gasteiger partial charge in [0.1, 0.15) is 50.5 Å². The number of hydrogen-bond donors (Lipinski definition) is 3. The minimum absolute atomic E-state index is 0.0189. The van der Waals surface area contributed by atoms with E-state index in [1.165, 1.54) is 81.5 Å². The van der Waals surface area contributed by atoms with Crippen molar-refractivity contribution in [2.45, 2.75) is 179 Å². The van der Waals surface area contributed by atoms with E-state index in [-0.39, 0.29) is 61.9 Å². The number of benzene rings is 2. The Morgan fingerprint density at radius 2 is 1.41 bits per heavy atom. The van der Waals surface area contributed by atoms with E-state index in [1.807, 2.05) is 48.5 Å². The van der Waals surface area contributed by atoms with Crippen molar-refractivity contribution in [2.75, 3.05) is 25.6 Å². The average molecular weight is 973 g/mol. The van der Waals surface area contributed by atoms with Crippen molar-refractivity contribution in [3.63, 3.8) is 0 Å². The summed E-state index contributed by atoms with van der Waals surface area (Å²) in [6, 6.07) is 14.9. The van der Waals surface area contributed by atoms with Gasteiger partial charge in [0.05, 0.1) is 6.33 Å². The van der Waals surface area contributed by atoms with Gasteiger partial charge < -0.3 is 34.7 Å². The SMILES string of the molecule is CCCCCCCCCCCCCCCCCC(=O)OC(CCC(=O)OC[C@H]1O[C@@H](n2cnc3c(=O)[nH]c(N)nc32)C[C@@H]1F)COC(=O)[C@@H](NC(=O)OCC1c2ccccc2-c2ccccc21)C(C)C. The van der Waals surface area contributed by atoms with Crippen LogP contribution in [0.4, 0.5) is 15.1 Å². The maximum atomic E-state index is 15.2. The molecule has 0 bridgehead atoms. The van der Waals surface area contributed by atoms with Crippen LogP contribution in [0.25, 0.3) is 22.3 Å². The monoisotopic (exact) mass is 973 g/mol. The number of aromatic amines is 1. The quantitative estimate of drug-likeness (QED) is 0.0252. The predicted molar refractivity (Wildman–Crippen MR) is 263 cm³/mol. The van der Waals surface area contributed by atoms with Crippen LogP contribution in [0.1, 0.15) is 166 Å². The van der Waals surface area contributed by atoms with Gasteiger partial charge in [-0.1, -0.05) is 159 Å². The molecule has 4 aromatic rings. The number of H-pyrrole nitrogens is 1. The van der Waals surface area contributed by atoms with Crippen LogP contribution in [0.2, 0.25) is 0 Å². The van der Waals surface area contributed by atoms with E-state index in [0.29, 0.717) is 6.42 Å². The van der Waals surface area contributed by atoms with Gasteiger partial charge in [0, 0.05) is 25.2 Å². The van der Waals surface area contributed by atoms with Crippen molar-refractivity contribution in [1.82, 2.24) is 24.8 Å². The van der Waals surface area contributed by atoms with Crippen molar-refractivity contribution in [3.8, 4) is 11.1 Å². The molecule has 382 valence electrons. The molecule has 6 rings (SSSR count). The van der Waals surface area contributed by atoms with Crippen molar-refractivity contribution in [3.05, 3.63) is 76.3 Å². The highest BCUT2D eigenvalue weighted by Crippen LogP contribution is 2.44. The van der Waals surface area contributed by atoms with Crippen LogP contribution in [0.15, 0.2) is 59.7 Å². The van der Waals surface area contributed by atoms with Crippen molar-refractivity contribution in [2.24, 2.45) is 5.92 Å². The van der Waals surface area contributed by atoms with Gasteiger partial charge >= 0.3 is 24.0 Å². The topological polar surface area (TPSA) is 216 Å². The number of amides is 1. The number of alkyl carbamates (subject to hydrolysis) is 1. The number of rotatable bonds is 30. The Labute approximate surface area is 410 Å². The number of fused-ring (bicyclic) bond motifs is 4. The minimum atomic E-state index is -1.52. The van der Waals surface area contributed by atoms with Crippen LogP contribution in [0.5, 0.6) is 0 Å². The first kappa shape index (κ1) is 53.5. The van der Waals surface area contributed by atoms with E-state index >= 15 is 4.39 Å². The zero-order chi connectivity index (χ0) is 49.8. The number of hydrogen-bond acceptors (Lipinski definition) is 13. The predicted octanol–water partition coefficient (Wildman–Crippen LogP) is 9.93. The summed E-state index contributed by atoms with van der Waals surface area (Å²) in [6.45, 7) is 5.02. The number of nitrogens with two attached hydrogens (primary N) is 1. The summed E-state index contributed by atoms with van der Waals surface area (Å²) in [7, 11) is 0. The molecule has 16 nitrogen and oxygen atoms in total. The van der Waals surface area contributed by atoms with Gasteiger partial charge in [0.2, 0.25) is 5.95 Å². The molecule has 1 aliphatic carbocycles. The number of nitrogen functional groups attached to an aromatic ring is 1. The van der Waals surface area contributed by atoms with Crippen LogP contribution in [0.3, 0.4) is 0 Å². The summed E-state index contributed by atoms with van der Waals surface area (Å²) in [5, 5.41) is 2.66. The normalized spacial score (nSPS) is 17.2. The van der Waals surface area contributed by atoms with E-state index in [1.54, 1.807) is 13.8 Å². The number of imidazole rings is 1. The van der Waals surface area contributed by atoms with Crippen molar-refractivity contribution >= 4 is 41.1 Å². The molecule has 1 amide bonds. The van der Waals surface area contributed by atoms with Crippen molar-refractivity contribution < 1.29 is 47.3 Å². The van der Waals surface area contributed by atoms with Gasteiger partial charge in [-0.25, -0.2) is 19.0 Å². The summed E-state index contributed by atoms with van der Waals surface area (Å²) in [5.41, 5.74) is 9.59. The number of nitrogens with zero attached hydrogens (tertiary/aromatic N) is 3. The zero-order valence-corrected chi connectivity index (χ0v) is 41.2. The fraction of sp³-hybridized carbons (Fsp3) is 0.604. The average Bonchev–Trinajstić information content (AvgIpc) is 4.04. The first-order valence-corrected chi connectivity index (χ1v) is 25.6. The highest BCUT2D eigenvalue weighted by molar-refractivity contribution is 5.82. The van der Waals surface area contributed by atoms with Gasteiger partial charge in [0.25, 0.3) is 5.56 Å². The highest BCUT2D eigenvalue weighted by atomic mass is 19.1. The number of aromatic nitrogens is 4. The highest BCUT2D eigenvalue weighted by Gasteiger charge is 2.38. The first-order chi connectivity index (χ1) is 33.9. The smallest absolute Gasteiger partial charge is 0.407 e. The first-order valence-electron chi connectivity index (χ1n) is 25.6. The van der Waals surface area contributed by atoms with Gasteiger partial charge in [-0.05, 0) is 41.0 Å². The van der Waals surface area contributed by atoms with Crippen LogP contribution >= 0.6 is 0 Å². The fourth-order valence-electron chi connectivity index (χ4n) is 9.28. The number of nitrogens with one attached hydrogen (secondary N) is 2. The molecular weight excluding hydrogens is 900 g/mol. The second-order valence-electron chi connectivity index (χ2n) is 19.0. The van der Waals surface area contributed by atoms with Gasteiger partial charge in [0.15, 0.2) is 11.2 Å². The Morgan fingerprint density at radius 3 is 2.03 bits per heavy atom. The summed E-state index contributed by atoms with van der Waals surface area (Å²) >= 11 is 0. The molecule has 0 radical (unpaired) electrons. The Kier molecular flexibility index (Phi) is 21.0. The molecule has 2 aromatic heterocycles. The third-order valence-electron chi connectivity index (χ3n) is 13.2. The van der Waals surface area contributed by atoms with E-state index in [9.17, 15) is 24.0 Å². The van der Waals surface area contributed by atoms with E-state index in [4.69, 9.17) is 29.4 Å². The number of halogens is 1. The molecule has 2 aliphatic rings. The molecule has 3 heterocycles. The van der Waals surface area contributed by atoms with Crippen LogP contribution in [-0.4, -0.2) is 87.8 Å². The van der Waals surface area contributed by atoms with Gasteiger partial charge in [-0.15, -0.1) is 0 Å². The van der Waals surface area contributed by atoms with E-state index in [2.05, 4.69) is 27.2 Å². The maximum absolute atomic E-state index is 15.2. The molecule has 0 saturated carbocycles. The number of alkyl halides is 1. The van der Waals surface area contributed by atoms with Crippen LogP contribution in [0, 0.1) is 5.92 Å². The number of esters is 3. The van der Waals surface area contributed by atoms with E-state index < -0.39 is 72.7 Å². The summed E-state index contributed by atoms with van der Waals surface area (Å²) in [6.07, 6.45) is 13.6. The lowest BCUT2D eigenvalue weighted by Crippen LogP contribution is -2.46. The molecule has 0 spiro atoms. The van der Waals surface area contributed by atoms with Crippen molar-refractivity contribution in [1.29, 1.82) is 0 Å². The van der Waals surface area contributed by atoms with E-state index in [0.717, 1.165) is 41.5 Å². The molecule has 5 atom stereocenters. The Morgan fingerprint density at radius 1 is 0.814 bits per heavy atom. The largest absolute Gasteiger partial charge is 0.463 e. The molecule has 4 N–H and O–H groups in total. The number of carbonyl (C=O) groups is 4. The standard InChI is InChI=1S/C53H73FN6O10/c1-4-5-6-7-8-9-10-11-12-13-14-15-16-17-18-27-46(62)69-36(28-29-45(61)66-33-43-42(54)30-44(70-43)60-34-56-48-49(60)58-52(55)59-50(48)63)31-67-51(64)47(35(2)3)57-53(65)68-32-41-39-25-21-19-23-37(39)38-24-20-22-26-40(38)41/h19-26,34-36,41-44,47H,4-18,27-33H2,1-3H3,(H,57,65)(H3,55,58,59,63)/t36?,42-,43+,44+,47-/m0/s1. The van der Waals surface area contributed by atoms with Crippen LogP contribution < -0.4 is 16.6 Å². The van der Waals surface area contributed by atoms with Gasteiger partial charge in [-0.3, -0.25) is 23.9 Å². The Hall–Kier alpha value is -5.84. The zero-order valence-electron chi connectivity index (χ0n) is 41.2. The Bertz CT molecular complexity index is 2330. The number of ether oxygens (including phenoxy) is 5. The lowest BCUT2D eigenvalue weighted by Gasteiger charge is -2.23. The van der Waals surface area contributed by atoms with Crippen LogP contribution in [-0.2, 0) is 38.1 Å². The number of carbonyl (C=O) groups excluding carboxylic acids is 4. The lowest BCUT2D eigenvalue weighted by atomic mass is 9.98. The summed E-state index contributed by atoms with van der Waals surface area (Å²) in [5.74, 6) is -2.65.